The van der Waals surface area contributed by atoms with Crippen LogP contribution in [0.2, 0.25) is 0 Å². The Morgan fingerprint density at radius 3 is 2.75 bits per heavy atom. The second-order valence-electron chi connectivity index (χ2n) is 2.45. The average molecular weight is 227 g/mol. The van der Waals surface area contributed by atoms with Crippen LogP contribution in [0.15, 0.2) is 28.9 Å². The Bertz CT molecular complexity index is 356. The molecule has 64 valence electrons. The van der Waals surface area contributed by atoms with E-state index in [0.29, 0.717) is 0 Å². The zero-order valence-electron chi connectivity index (χ0n) is 6.08. The first kappa shape index (κ1) is 9.26. The Morgan fingerprint density at radius 2 is 2.08 bits per heavy atom. The molecule has 0 unspecified atom stereocenters. The molecule has 0 bridgehead atoms. The van der Waals surface area contributed by atoms with Crippen LogP contribution in [0.4, 0.5) is 0 Å². The van der Waals surface area contributed by atoms with Crippen molar-refractivity contribution >= 4 is 21.4 Å². The van der Waals surface area contributed by atoms with E-state index in [1.807, 2.05) is 29.6 Å². The maximum absolute atomic E-state index is 4.17. The lowest BCUT2D eigenvalue weighted by atomic mass is 10.3. The van der Waals surface area contributed by atoms with Crippen LogP contribution in [-0.4, -0.2) is 9.61 Å². The molecule has 0 atom stereocenters. The average Bonchev–Trinajstić information content (AvgIpc) is 2.45. The SMILES string of the molecule is C.Cc1ccc(Br)c2ccnn12. The lowest BCUT2D eigenvalue weighted by molar-refractivity contribution is 0.912. The molecular weight excluding hydrogens is 216 g/mol. The van der Waals surface area contributed by atoms with Gasteiger partial charge in [0.1, 0.15) is 0 Å². The number of aryl methyl sites for hydroxylation is 1. The van der Waals surface area contributed by atoms with E-state index in [2.05, 4.69) is 21.0 Å². The third kappa shape index (κ3) is 1.25. The summed E-state index contributed by atoms with van der Waals surface area (Å²) in [7, 11) is 0. The summed E-state index contributed by atoms with van der Waals surface area (Å²) in [6, 6.07) is 6.05. The molecule has 0 amide bonds. The molecule has 2 heterocycles. The quantitative estimate of drug-likeness (QED) is 0.676. The lowest BCUT2D eigenvalue weighted by Crippen LogP contribution is -1.91. The van der Waals surface area contributed by atoms with E-state index in [1.54, 1.807) is 6.20 Å². The Morgan fingerprint density at radius 1 is 1.33 bits per heavy atom. The zero-order chi connectivity index (χ0) is 7.84. The molecule has 12 heavy (non-hydrogen) atoms. The standard InChI is InChI=1S/C8H7BrN2.CH4/c1-6-2-3-7(9)8-4-5-10-11(6)8;/h2-5H,1H3;1H4. The summed E-state index contributed by atoms with van der Waals surface area (Å²) in [5, 5.41) is 4.17. The number of halogens is 1. The molecule has 0 saturated carbocycles. The summed E-state index contributed by atoms with van der Waals surface area (Å²) in [4.78, 5) is 0. The highest BCUT2D eigenvalue weighted by Crippen LogP contribution is 2.18. The van der Waals surface area contributed by atoms with E-state index < -0.39 is 0 Å². The largest absolute Gasteiger partial charge is 0.237 e. The van der Waals surface area contributed by atoms with Crippen LogP contribution in [0.3, 0.4) is 0 Å². The number of nitrogens with zero attached hydrogens (tertiary/aromatic N) is 2. The van der Waals surface area contributed by atoms with E-state index in [9.17, 15) is 0 Å². The van der Waals surface area contributed by atoms with Gasteiger partial charge in [-0.25, -0.2) is 4.52 Å². The highest BCUT2D eigenvalue weighted by Gasteiger charge is 1.99. The molecule has 0 spiro atoms. The topological polar surface area (TPSA) is 17.3 Å². The molecule has 2 rings (SSSR count). The molecule has 0 N–H and O–H groups in total. The molecule has 0 aliphatic carbocycles. The molecule has 0 fully saturated rings. The van der Waals surface area contributed by atoms with Gasteiger partial charge in [0.15, 0.2) is 0 Å². The van der Waals surface area contributed by atoms with Crippen molar-refractivity contribution in [2.75, 3.05) is 0 Å². The fourth-order valence-electron chi connectivity index (χ4n) is 1.11. The number of rotatable bonds is 0. The van der Waals surface area contributed by atoms with Gasteiger partial charge in [-0.05, 0) is 41.1 Å². The zero-order valence-corrected chi connectivity index (χ0v) is 7.67. The van der Waals surface area contributed by atoms with Gasteiger partial charge < -0.3 is 0 Å². The predicted octanol–water partition coefficient (Wildman–Crippen LogP) is 3.04. The van der Waals surface area contributed by atoms with E-state index in [1.165, 1.54) is 0 Å². The monoisotopic (exact) mass is 226 g/mol. The van der Waals surface area contributed by atoms with Crippen molar-refractivity contribution in [1.82, 2.24) is 9.61 Å². The molecule has 0 radical (unpaired) electrons. The summed E-state index contributed by atoms with van der Waals surface area (Å²) in [5.41, 5.74) is 2.26. The van der Waals surface area contributed by atoms with Crippen LogP contribution in [0.5, 0.6) is 0 Å². The predicted molar refractivity (Wildman–Crippen MR) is 54.4 cm³/mol. The molecular formula is C9H11BrN2. The van der Waals surface area contributed by atoms with Crippen LogP contribution in [0.1, 0.15) is 13.1 Å². The Kier molecular flexibility index (Phi) is 2.52. The second kappa shape index (κ2) is 3.27. The summed E-state index contributed by atoms with van der Waals surface area (Å²) >= 11 is 3.45. The molecule has 0 aliphatic heterocycles. The van der Waals surface area contributed by atoms with Crippen molar-refractivity contribution in [3.05, 3.63) is 34.6 Å². The summed E-state index contributed by atoms with van der Waals surface area (Å²) in [6.07, 6.45) is 1.80. The summed E-state index contributed by atoms with van der Waals surface area (Å²) < 4.78 is 2.99. The van der Waals surface area contributed by atoms with Gasteiger partial charge in [0.25, 0.3) is 0 Å². The molecule has 0 saturated heterocycles. The number of fused-ring (bicyclic) bond motifs is 1. The van der Waals surface area contributed by atoms with Crippen LogP contribution in [0, 0.1) is 6.92 Å². The fraction of sp³-hybridized carbons (Fsp3) is 0.222. The van der Waals surface area contributed by atoms with Gasteiger partial charge in [-0.2, -0.15) is 5.10 Å². The Balaban J connectivity index is 0.000000720. The molecule has 0 aliphatic rings. The van der Waals surface area contributed by atoms with E-state index in [4.69, 9.17) is 0 Å². The third-order valence-corrected chi connectivity index (χ3v) is 2.36. The van der Waals surface area contributed by atoms with Crippen LogP contribution < -0.4 is 0 Å². The van der Waals surface area contributed by atoms with Crippen LogP contribution in [0.25, 0.3) is 5.52 Å². The van der Waals surface area contributed by atoms with Crippen molar-refractivity contribution in [3.8, 4) is 0 Å². The van der Waals surface area contributed by atoms with Gasteiger partial charge in [-0.15, -0.1) is 0 Å². The van der Waals surface area contributed by atoms with Crippen LogP contribution >= 0.6 is 15.9 Å². The Hall–Kier alpha value is -0.830. The molecule has 2 aromatic rings. The van der Waals surface area contributed by atoms with Crippen LogP contribution in [-0.2, 0) is 0 Å². The number of hydrogen-bond donors (Lipinski definition) is 0. The maximum atomic E-state index is 4.17. The van der Waals surface area contributed by atoms with Crippen molar-refractivity contribution < 1.29 is 0 Å². The number of pyridine rings is 1. The highest BCUT2D eigenvalue weighted by molar-refractivity contribution is 9.10. The number of hydrogen-bond acceptors (Lipinski definition) is 1. The van der Waals surface area contributed by atoms with Crippen molar-refractivity contribution in [2.45, 2.75) is 14.4 Å². The van der Waals surface area contributed by atoms with Gasteiger partial charge in [-0.1, -0.05) is 7.43 Å². The highest BCUT2D eigenvalue weighted by atomic mass is 79.9. The van der Waals surface area contributed by atoms with Crippen molar-refractivity contribution in [3.63, 3.8) is 0 Å². The minimum Gasteiger partial charge on any atom is -0.237 e. The number of aromatic nitrogens is 2. The molecule has 2 nitrogen and oxygen atoms in total. The molecule has 2 aromatic heterocycles. The first-order valence-electron chi connectivity index (χ1n) is 3.38. The first-order chi connectivity index (χ1) is 5.29. The summed E-state index contributed by atoms with van der Waals surface area (Å²) in [6.45, 7) is 2.03. The lowest BCUT2D eigenvalue weighted by Gasteiger charge is -1.99. The van der Waals surface area contributed by atoms with E-state index >= 15 is 0 Å². The Labute approximate surface area is 80.3 Å². The molecule has 3 heteroatoms. The van der Waals surface area contributed by atoms with Crippen molar-refractivity contribution in [1.29, 1.82) is 0 Å². The third-order valence-electron chi connectivity index (χ3n) is 1.69. The van der Waals surface area contributed by atoms with Gasteiger partial charge in [0.05, 0.1) is 11.7 Å². The molecule has 0 aromatic carbocycles. The minimum absolute atomic E-state index is 0. The normalized spacial score (nSPS) is 9.83. The second-order valence-corrected chi connectivity index (χ2v) is 3.31. The first-order valence-corrected chi connectivity index (χ1v) is 4.17. The van der Waals surface area contributed by atoms with Crippen molar-refractivity contribution in [2.24, 2.45) is 0 Å². The van der Waals surface area contributed by atoms with Gasteiger partial charge in [0, 0.05) is 10.2 Å². The summed E-state index contributed by atoms with van der Waals surface area (Å²) in [5.74, 6) is 0. The fourth-order valence-corrected chi connectivity index (χ4v) is 1.55. The van der Waals surface area contributed by atoms with Gasteiger partial charge in [0.2, 0.25) is 0 Å². The maximum Gasteiger partial charge on any atom is 0.0806 e. The van der Waals surface area contributed by atoms with E-state index in [0.717, 1.165) is 15.7 Å². The van der Waals surface area contributed by atoms with Gasteiger partial charge in [-0.3, -0.25) is 0 Å². The minimum atomic E-state index is 0. The van der Waals surface area contributed by atoms with E-state index in [-0.39, 0.29) is 7.43 Å². The smallest absolute Gasteiger partial charge is 0.0806 e. The van der Waals surface area contributed by atoms with Gasteiger partial charge >= 0.3 is 0 Å².